The Balaban J connectivity index is 1.24. The van der Waals surface area contributed by atoms with Crippen LogP contribution in [0.25, 0.3) is 28.4 Å². The van der Waals surface area contributed by atoms with Gasteiger partial charge in [0.1, 0.15) is 88.9 Å². The number of carbonyl (C=O) groups is 1. The summed E-state index contributed by atoms with van der Waals surface area (Å²) in [5.74, 6) is -3.51. The molecule has 22 nitrogen and oxygen atoms in total. The van der Waals surface area contributed by atoms with Crippen LogP contribution in [0.2, 0.25) is 0 Å². The van der Waals surface area contributed by atoms with E-state index in [2.05, 4.69) is 0 Å². The predicted molar refractivity (Wildman–Crippen MR) is 212 cm³/mol. The van der Waals surface area contributed by atoms with Crippen LogP contribution in [0.1, 0.15) is 12.5 Å². The lowest BCUT2D eigenvalue weighted by molar-refractivity contribution is -0.354. The van der Waals surface area contributed by atoms with Crippen molar-refractivity contribution in [3.8, 4) is 40.1 Å². The number of hydrogen-bond acceptors (Lipinski definition) is 22. The minimum absolute atomic E-state index is 0.0143. The van der Waals surface area contributed by atoms with Gasteiger partial charge in [-0.2, -0.15) is 0 Å². The molecule has 64 heavy (non-hydrogen) atoms. The van der Waals surface area contributed by atoms with Gasteiger partial charge >= 0.3 is 5.97 Å². The zero-order chi connectivity index (χ0) is 46.1. The third-order valence-corrected chi connectivity index (χ3v) is 10.8. The summed E-state index contributed by atoms with van der Waals surface area (Å²) in [7, 11) is 0. The summed E-state index contributed by atoms with van der Waals surface area (Å²) >= 11 is 0. The van der Waals surface area contributed by atoms with E-state index < -0.39 is 145 Å². The van der Waals surface area contributed by atoms with Gasteiger partial charge in [-0.05, 0) is 55.0 Å². The minimum atomic E-state index is -1.98. The largest absolute Gasteiger partial charge is 0.508 e. The highest BCUT2D eigenvalue weighted by Gasteiger charge is 2.52. The summed E-state index contributed by atoms with van der Waals surface area (Å²) in [6.45, 7) is -0.344. The van der Waals surface area contributed by atoms with Crippen molar-refractivity contribution in [3.05, 3.63) is 82.5 Å². The number of hydrogen-bond donors (Lipinski definition) is 12. The van der Waals surface area contributed by atoms with Crippen LogP contribution in [0.5, 0.6) is 28.7 Å². The number of phenols is 3. The molecule has 3 fully saturated rings. The molecule has 0 bridgehead atoms. The van der Waals surface area contributed by atoms with Crippen molar-refractivity contribution in [1.82, 2.24) is 0 Å². The molecule has 15 atom stereocenters. The van der Waals surface area contributed by atoms with Crippen molar-refractivity contribution in [2.45, 2.75) is 99.0 Å². The van der Waals surface area contributed by atoms with Crippen molar-refractivity contribution in [2.24, 2.45) is 0 Å². The molecule has 12 N–H and O–H groups in total. The summed E-state index contributed by atoms with van der Waals surface area (Å²) in [6, 6.07) is 12.8. The fourth-order valence-electron chi connectivity index (χ4n) is 7.26. The molecule has 4 heterocycles. The van der Waals surface area contributed by atoms with Gasteiger partial charge in [0, 0.05) is 23.8 Å². The molecule has 1 aromatic heterocycles. The Bertz CT molecular complexity index is 2340. The first-order chi connectivity index (χ1) is 30.5. The van der Waals surface area contributed by atoms with Gasteiger partial charge in [0.25, 0.3) is 0 Å². The van der Waals surface area contributed by atoms with E-state index in [0.29, 0.717) is 5.56 Å². The van der Waals surface area contributed by atoms with Crippen LogP contribution in [0, 0.1) is 0 Å². The zero-order valence-corrected chi connectivity index (χ0v) is 33.5. The van der Waals surface area contributed by atoms with E-state index in [1.807, 2.05) is 0 Å². The standard InChI is InChI=1S/C42H46O22/c1-16-28(49)32(53)35(56)40(57-16)64-39-34(55)30(51)25(15-44)61-42(39)63-37-31(52)27-22(47)12-21(13-23(27)59-36(37)18-5-9-20(46)10-6-18)58-41-38(33(54)29(50)24(14-43)60-41)62-26(48)11-4-17-2-7-19(45)8-3-17/h2-13,16,24-25,28-30,32-35,38-47,49-51,53-56H,14-15H2,1H3/t16-,24-,25-,28-,29-,30-,32+,33+,34+,35+,38-,39-,40-,41-,42+/m1/s1. The Morgan fingerprint density at radius 1 is 0.672 bits per heavy atom. The van der Waals surface area contributed by atoms with E-state index in [9.17, 15) is 70.9 Å². The lowest BCUT2D eigenvalue weighted by atomic mass is 9.97. The number of aliphatic hydroxyl groups is 9. The van der Waals surface area contributed by atoms with Gasteiger partial charge in [-0.3, -0.25) is 4.79 Å². The number of fused-ring (bicyclic) bond motifs is 1. The average molecular weight is 903 g/mol. The Labute approximate surface area is 361 Å². The molecule has 3 aromatic carbocycles. The fourth-order valence-corrected chi connectivity index (χ4v) is 7.26. The second kappa shape index (κ2) is 19.3. The molecular formula is C42H46O22. The highest BCUT2D eigenvalue weighted by molar-refractivity contribution is 5.89. The Morgan fingerprint density at radius 3 is 1.86 bits per heavy atom. The lowest BCUT2D eigenvalue weighted by Crippen LogP contribution is -2.64. The molecule has 22 heteroatoms. The molecule has 0 amide bonds. The second-order valence-corrected chi connectivity index (χ2v) is 15.2. The van der Waals surface area contributed by atoms with Gasteiger partial charge < -0.3 is 98.9 Å². The van der Waals surface area contributed by atoms with Gasteiger partial charge in [0.05, 0.1) is 19.3 Å². The summed E-state index contributed by atoms with van der Waals surface area (Å²) in [5, 5.41) is 125. The maximum atomic E-state index is 14.5. The number of carbonyl (C=O) groups excluding carboxylic acids is 1. The smallest absolute Gasteiger partial charge is 0.331 e. The van der Waals surface area contributed by atoms with Gasteiger partial charge in [0.2, 0.25) is 23.8 Å². The maximum absolute atomic E-state index is 14.5. The maximum Gasteiger partial charge on any atom is 0.331 e. The van der Waals surface area contributed by atoms with Crippen LogP contribution in [-0.2, 0) is 28.5 Å². The molecule has 0 saturated carbocycles. The minimum Gasteiger partial charge on any atom is -0.508 e. The van der Waals surface area contributed by atoms with E-state index in [1.54, 1.807) is 0 Å². The van der Waals surface area contributed by atoms with Crippen LogP contribution >= 0.6 is 0 Å². The first-order valence-corrected chi connectivity index (χ1v) is 19.7. The normalized spacial score (nSPS) is 33.2. The summed E-state index contributed by atoms with van der Waals surface area (Å²) in [6.07, 6.45) is -23.6. The third-order valence-electron chi connectivity index (χ3n) is 10.8. The molecule has 3 aliphatic heterocycles. The van der Waals surface area contributed by atoms with Crippen molar-refractivity contribution >= 4 is 23.0 Å². The van der Waals surface area contributed by atoms with Gasteiger partial charge in [0.15, 0.2) is 24.3 Å². The van der Waals surface area contributed by atoms with Crippen LogP contribution < -0.4 is 14.9 Å². The zero-order valence-electron chi connectivity index (χ0n) is 33.5. The SMILES string of the molecule is C[C@H]1O[C@H](O[C@H]2[C@H](Oc3c(-c4ccc(O)cc4)oc4cc(O[C@@H]5O[C@H](CO)[C@@H](O)[C@H](O)[C@H]5OC(=O)C=Cc5ccc(O)cc5)cc(O)c4c3=O)O[C@H](CO)[C@@H](O)[C@@H]2O)[C@@H](O)[C@@H](O)[C@@H]1O. The van der Waals surface area contributed by atoms with Crippen LogP contribution in [0.15, 0.2) is 76.0 Å². The van der Waals surface area contributed by atoms with Gasteiger partial charge in [-0.25, -0.2) is 4.79 Å². The molecule has 3 aliphatic rings. The molecule has 0 aliphatic carbocycles. The molecule has 0 radical (unpaired) electrons. The predicted octanol–water partition coefficient (Wildman–Crippen LogP) is -1.95. The van der Waals surface area contributed by atoms with E-state index >= 15 is 0 Å². The molecule has 0 unspecified atom stereocenters. The van der Waals surface area contributed by atoms with Crippen LogP contribution in [0.4, 0.5) is 0 Å². The second-order valence-electron chi connectivity index (χ2n) is 15.2. The van der Waals surface area contributed by atoms with E-state index in [-0.39, 0.29) is 22.8 Å². The van der Waals surface area contributed by atoms with E-state index in [1.165, 1.54) is 61.5 Å². The van der Waals surface area contributed by atoms with Crippen molar-refractivity contribution < 1.29 is 104 Å². The quantitative estimate of drug-likeness (QED) is 0.0543. The molecule has 3 saturated heterocycles. The van der Waals surface area contributed by atoms with Crippen LogP contribution in [-0.4, -0.2) is 173 Å². The Hall–Kier alpha value is -5.44. The van der Waals surface area contributed by atoms with Gasteiger partial charge in [-0.15, -0.1) is 0 Å². The lowest BCUT2D eigenvalue weighted by Gasteiger charge is -2.45. The van der Waals surface area contributed by atoms with Crippen molar-refractivity contribution in [2.75, 3.05) is 13.2 Å². The first-order valence-electron chi connectivity index (χ1n) is 19.7. The molecule has 4 aromatic rings. The fraction of sp³-hybridized carbons (Fsp3) is 0.429. The Morgan fingerprint density at radius 2 is 1.25 bits per heavy atom. The number of phenolic OH excluding ortho intramolecular Hbond substituents is 3. The number of ether oxygens (including phenoxy) is 7. The summed E-state index contributed by atoms with van der Waals surface area (Å²) in [5.41, 5.74) is -0.934. The number of esters is 1. The molecule has 7 rings (SSSR count). The number of rotatable bonds is 12. The third kappa shape index (κ3) is 9.50. The van der Waals surface area contributed by atoms with Crippen LogP contribution in [0.3, 0.4) is 0 Å². The number of aromatic hydroxyl groups is 3. The summed E-state index contributed by atoms with van der Waals surface area (Å²) in [4.78, 5) is 27.4. The monoisotopic (exact) mass is 902 g/mol. The first kappa shape index (κ1) is 46.5. The van der Waals surface area contributed by atoms with Gasteiger partial charge in [-0.1, -0.05) is 12.1 Å². The van der Waals surface area contributed by atoms with E-state index in [0.717, 1.165) is 18.2 Å². The molecule has 346 valence electrons. The molecular weight excluding hydrogens is 856 g/mol. The number of aliphatic hydroxyl groups excluding tert-OH is 9. The topological polar surface area (TPSA) is 355 Å². The van der Waals surface area contributed by atoms with Crippen molar-refractivity contribution in [1.29, 1.82) is 0 Å². The number of benzene rings is 3. The van der Waals surface area contributed by atoms with Crippen molar-refractivity contribution in [3.63, 3.8) is 0 Å². The highest BCUT2D eigenvalue weighted by Crippen LogP contribution is 2.39. The molecule has 0 spiro atoms. The average Bonchev–Trinajstić information content (AvgIpc) is 3.27. The van der Waals surface area contributed by atoms with E-state index in [4.69, 9.17) is 37.6 Å². The Kier molecular flexibility index (Phi) is 14.1. The summed E-state index contributed by atoms with van der Waals surface area (Å²) < 4.78 is 46.1. The highest BCUT2D eigenvalue weighted by atomic mass is 16.8.